The van der Waals surface area contributed by atoms with Crippen LogP contribution in [0.25, 0.3) is 11.3 Å². The van der Waals surface area contributed by atoms with E-state index in [1.165, 1.54) is 44.4 Å². The van der Waals surface area contributed by atoms with Gasteiger partial charge in [-0.25, -0.2) is 13.8 Å². The van der Waals surface area contributed by atoms with E-state index in [2.05, 4.69) is 10.3 Å². The van der Waals surface area contributed by atoms with Gasteiger partial charge >= 0.3 is 0 Å². The zero-order valence-corrected chi connectivity index (χ0v) is 20.0. The van der Waals surface area contributed by atoms with E-state index < -0.39 is 24.0 Å². The lowest BCUT2D eigenvalue weighted by Crippen LogP contribution is -2.40. The summed E-state index contributed by atoms with van der Waals surface area (Å²) in [6, 6.07) is 8.79. The van der Waals surface area contributed by atoms with Crippen LogP contribution in [-0.4, -0.2) is 47.5 Å². The van der Waals surface area contributed by atoms with Gasteiger partial charge in [-0.3, -0.25) is 4.79 Å². The Morgan fingerprint density at radius 1 is 1.26 bits per heavy atom. The van der Waals surface area contributed by atoms with E-state index in [0.717, 1.165) is 5.69 Å². The summed E-state index contributed by atoms with van der Waals surface area (Å²) < 4.78 is 38.1. The van der Waals surface area contributed by atoms with Gasteiger partial charge in [0.05, 0.1) is 24.4 Å². The molecule has 1 heterocycles. The first-order valence-electron chi connectivity index (χ1n) is 10.5. The number of ether oxygens (including phenoxy) is 2. The second-order valence-electron chi connectivity index (χ2n) is 7.92. The molecule has 0 aliphatic heterocycles. The minimum absolute atomic E-state index is 0.0281. The first-order chi connectivity index (χ1) is 16.1. The van der Waals surface area contributed by atoms with Gasteiger partial charge in [0.15, 0.2) is 11.5 Å². The summed E-state index contributed by atoms with van der Waals surface area (Å²) in [5.41, 5.74) is 0.633. The fraction of sp³-hybridized carbons (Fsp3) is 0.333. The number of methoxy groups -OCH3 is 1. The second kappa shape index (κ2) is 10.4. The number of nitrogens with zero attached hydrogens (tertiary/aromatic N) is 2. The van der Waals surface area contributed by atoms with Crippen LogP contribution in [0.5, 0.6) is 11.5 Å². The summed E-state index contributed by atoms with van der Waals surface area (Å²) in [5, 5.41) is 13.8. The quantitative estimate of drug-likeness (QED) is 0.467. The molecule has 7 nitrogen and oxygen atoms in total. The highest BCUT2D eigenvalue weighted by atomic mass is 35.5. The summed E-state index contributed by atoms with van der Waals surface area (Å²) in [7, 11) is 3.16. The number of aliphatic hydroxyl groups is 1. The molecule has 0 spiro atoms. The molecule has 2 aromatic carbocycles. The number of amides is 1. The van der Waals surface area contributed by atoms with Crippen molar-refractivity contribution in [3.05, 3.63) is 64.3 Å². The molecule has 1 atom stereocenters. The standard InChI is InChI=1S/C24H26ClF2N3O4/c1-14-21(15-5-7-18(27)17(25)11-15)29-23(30(14)3)24(2,32)13-28-22(31)16-6-8-19(34-10-9-26)20(12-16)33-4/h5-8,11-12,32H,9-10,13H2,1-4H3,(H,28,31). The van der Waals surface area contributed by atoms with E-state index in [9.17, 15) is 18.7 Å². The lowest BCUT2D eigenvalue weighted by Gasteiger charge is -2.23. The maximum absolute atomic E-state index is 13.6. The fourth-order valence-corrected chi connectivity index (χ4v) is 3.67. The van der Waals surface area contributed by atoms with Crippen LogP contribution in [-0.2, 0) is 12.6 Å². The van der Waals surface area contributed by atoms with Crippen molar-refractivity contribution in [3.63, 3.8) is 0 Å². The Morgan fingerprint density at radius 2 is 2.00 bits per heavy atom. The largest absolute Gasteiger partial charge is 0.493 e. The van der Waals surface area contributed by atoms with E-state index in [-0.39, 0.29) is 29.5 Å². The van der Waals surface area contributed by atoms with Gasteiger partial charge in [0.25, 0.3) is 5.91 Å². The number of carbonyl (C=O) groups is 1. The smallest absolute Gasteiger partial charge is 0.251 e. The number of aromatic nitrogens is 2. The Morgan fingerprint density at radius 3 is 2.65 bits per heavy atom. The number of hydrogen-bond acceptors (Lipinski definition) is 5. The molecule has 3 rings (SSSR count). The lowest BCUT2D eigenvalue weighted by molar-refractivity contribution is 0.0424. The molecule has 0 aliphatic carbocycles. The Bertz CT molecular complexity index is 1200. The molecule has 1 aromatic heterocycles. The molecule has 1 unspecified atom stereocenters. The number of carbonyl (C=O) groups excluding carboxylic acids is 1. The zero-order valence-electron chi connectivity index (χ0n) is 19.3. The van der Waals surface area contributed by atoms with Crippen LogP contribution in [0.4, 0.5) is 8.78 Å². The number of alkyl halides is 1. The zero-order chi connectivity index (χ0) is 25.0. The minimum atomic E-state index is -1.52. The average molecular weight is 494 g/mol. The lowest BCUT2D eigenvalue weighted by atomic mass is 10.1. The Balaban J connectivity index is 1.79. The molecule has 182 valence electrons. The van der Waals surface area contributed by atoms with Gasteiger partial charge in [0.2, 0.25) is 0 Å². The van der Waals surface area contributed by atoms with Crippen LogP contribution in [0.15, 0.2) is 36.4 Å². The minimum Gasteiger partial charge on any atom is -0.493 e. The molecule has 0 saturated heterocycles. The normalized spacial score (nSPS) is 12.8. The van der Waals surface area contributed by atoms with Crippen LogP contribution in [0.3, 0.4) is 0 Å². The van der Waals surface area contributed by atoms with Gasteiger partial charge in [-0.2, -0.15) is 0 Å². The number of imidazole rings is 1. The SMILES string of the molecule is COc1cc(C(=O)NCC(C)(O)c2nc(-c3ccc(F)c(Cl)c3)c(C)n2C)ccc1OCCF. The molecule has 34 heavy (non-hydrogen) atoms. The van der Waals surface area contributed by atoms with Gasteiger partial charge in [-0.05, 0) is 50.2 Å². The molecular weight excluding hydrogens is 468 g/mol. The molecule has 0 saturated carbocycles. The van der Waals surface area contributed by atoms with Gasteiger partial charge in [-0.1, -0.05) is 11.6 Å². The van der Waals surface area contributed by atoms with Crippen molar-refractivity contribution in [3.8, 4) is 22.8 Å². The van der Waals surface area contributed by atoms with E-state index in [0.29, 0.717) is 22.8 Å². The van der Waals surface area contributed by atoms with Crippen molar-refractivity contribution in [1.29, 1.82) is 0 Å². The highest BCUT2D eigenvalue weighted by Crippen LogP contribution is 2.31. The third kappa shape index (κ3) is 5.31. The van der Waals surface area contributed by atoms with Crippen molar-refractivity contribution >= 4 is 17.5 Å². The fourth-order valence-electron chi connectivity index (χ4n) is 3.49. The third-order valence-corrected chi connectivity index (χ3v) is 5.70. The summed E-state index contributed by atoms with van der Waals surface area (Å²) in [6.45, 7) is 2.44. The number of rotatable bonds is 9. The molecule has 1 amide bonds. The van der Waals surface area contributed by atoms with Crippen molar-refractivity contribution < 1.29 is 28.2 Å². The maximum atomic E-state index is 13.6. The van der Waals surface area contributed by atoms with Gasteiger partial charge in [0, 0.05) is 23.9 Å². The number of hydrogen-bond donors (Lipinski definition) is 2. The summed E-state index contributed by atoms with van der Waals surface area (Å²) in [4.78, 5) is 17.3. The van der Waals surface area contributed by atoms with Crippen molar-refractivity contribution in [2.45, 2.75) is 19.4 Å². The van der Waals surface area contributed by atoms with Crippen molar-refractivity contribution in [2.24, 2.45) is 7.05 Å². The van der Waals surface area contributed by atoms with E-state index in [1.54, 1.807) is 17.7 Å². The molecule has 10 heteroatoms. The van der Waals surface area contributed by atoms with E-state index in [1.807, 2.05) is 6.92 Å². The first kappa shape index (κ1) is 25.5. The van der Waals surface area contributed by atoms with Crippen LogP contribution in [0.2, 0.25) is 5.02 Å². The Labute approximate surface area is 201 Å². The van der Waals surface area contributed by atoms with Gasteiger partial charge in [-0.15, -0.1) is 0 Å². The van der Waals surface area contributed by atoms with Gasteiger partial charge in [0.1, 0.15) is 30.5 Å². The molecule has 0 bridgehead atoms. The second-order valence-corrected chi connectivity index (χ2v) is 8.32. The maximum Gasteiger partial charge on any atom is 0.251 e. The van der Waals surface area contributed by atoms with Crippen LogP contribution in [0.1, 0.15) is 28.8 Å². The molecule has 2 N–H and O–H groups in total. The predicted molar refractivity (Wildman–Crippen MR) is 125 cm³/mol. The summed E-state index contributed by atoms with van der Waals surface area (Å²) in [5.74, 6) is -0.0660. The van der Waals surface area contributed by atoms with Crippen LogP contribution < -0.4 is 14.8 Å². The molecule has 0 fully saturated rings. The Hall–Kier alpha value is -3.17. The van der Waals surface area contributed by atoms with Crippen LogP contribution in [0, 0.1) is 12.7 Å². The average Bonchev–Trinajstić information content (AvgIpc) is 3.13. The highest BCUT2D eigenvalue weighted by Gasteiger charge is 2.31. The topological polar surface area (TPSA) is 85.6 Å². The molecular formula is C24H26ClF2N3O4. The first-order valence-corrected chi connectivity index (χ1v) is 10.8. The molecule has 0 aliphatic rings. The van der Waals surface area contributed by atoms with Crippen molar-refractivity contribution in [2.75, 3.05) is 26.9 Å². The third-order valence-electron chi connectivity index (χ3n) is 5.41. The van der Waals surface area contributed by atoms with Crippen molar-refractivity contribution in [1.82, 2.24) is 14.9 Å². The van der Waals surface area contributed by atoms with E-state index >= 15 is 0 Å². The summed E-state index contributed by atoms with van der Waals surface area (Å²) >= 11 is 5.91. The van der Waals surface area contributed by atoms with Gasteiger partial charge < -0.3 is 24.5 Å². The predicted octanol–water partition coefficient (Wildman–Crippen LogP) is 4.18. The number of nitrogens with one attached hydrogen (secondary N) is 1. The Kier molecular flexibility index (Phi) is 7.78. The molecule has 0 radical (unpaired) electrons. The highest BCUT2D eigenvalue weighted by molar-refractivity contribution is 6.31. The summed E-state index contributed by atoms with van der Waals surface area (Å²) in [6.07, 6.45) is 0. The van der Waals surface area contributed by atoms with E-state index in [4.69, 9.17) is 21.1 Å². The van der Waals surface area contributed by atoms with Crippen LogP contribution >= 0.6 is 11.6 Å². The molecule has 3 aromatic rings. The number of benzene rings is 2. The monoisotopic (exact) mass is 493 g/mol. The number of halogens is 3.